The van der Waals surface area contributed by atoms with Crippen molar-refractivity contribution in [1.82, 2.24) is 9.88 Å². The third-order valence-electron chi connectivity index (χ3n) is 4.48. The summed E-state index contributed by atoms with van der Waals surface area (Å²) in [7, 11) is 1.83. The van der Waals surface area contributed by atoms with Gasteiger partial charge in [0.15, 0.2) is 0 Å². The summed E-state index contributed by atoms with van der Waals surface area (Å²) in [5.41, 5.74) is 2.91. The highest BCUT2D eigenvalue weighted by molar-refractivity contribution is 5.96. The lowest BCUT2D eigenvalue weighted by Crippen LogP contribution is -2.28. The molecule has 0 atom stereocenters. The summed E-state index contributed by atoms with van der Waals surface area (Å²) in [6, 6.07) is 11.9. The maximum absolute atomic E-state index is 12.9. The van der Waals surface area contributed by atoms with Gasteiger partial charge in [0.2, 0.25) is 5.88 Å². The first-order valence-electron chi connectivity index (χ1n) is 8.87. The molecule has 132 valence electrons. The van der Waals surface area contributed by atoms with Crippen molar-refractivity contribution in [3.05, 3.63) is 53.7 Å². The third-order valence-corrected chi connectivity index (χ3v) is 4.48. The lowest BCUT2D eigenvalue weighted by molar-refractivity contribution is 0.0780. The normalized spacial score (nSPS) is 13.8. The van der Waals surface area contributed by atoms with Crippen LogP contribution >= 0.6 is 0 Å². The average molecular weight is 339 g/mol. The van der Waals surface area contributed by atoms with Crippen LogP contribution in [0.1, 0.15) is 35.7 Å². The number of nitrogens with zero attached hydrogens (tertiary/aromatic N) is 3. The quantitative estimate of drug-likeness (QED) is 0.810. The Hall–Kier alpha value is -2.56. The number of anilines is 1. The lowest BCUT2D eigenvalue weighted by Gasteiger charge is -2.24. The van der Waals surface area contributed by atoms with Gasteiger partial charge in [-0.25, -0.2) is 4.98 Å². The second kappa shape index (κ2) is 8.01. The zero-order valence-corrected chi connectivity index (χ0v) is 14.9. The molecule has 0 bridgehead atoms. The average Bonchev–Trinajstić information content (AvgIpc) is 3.17. The number of carbonyl (C=O) groups is 1. The van der Waals surface area contributed by atoms with E-state index in [4.69, 9.17) is 4.74 Å². The van der Waals surface area contributed by atoms with E-state index in [0.717, 1.165) is 13.1 Å². The van der Waals surface area contributed by atoms with Crippen LogP contribution in [0, 0.1) is 0 Å². The number of amides is 1. The number of benzene rings is 1. The maximum Gasteiger partial charge on any atom is 0.259 e. The molecule has 0 aliphatic carbocycles. The molecular weight excluding hydrogens is 314 g/mol. The first-order chi connectivity index (χ1) is 12.2. The van der Waals surface area contributed by atoms with E-state index in [-0.39, 0.29) is 5.91 Å². The van der Waals surface area contributed by atoms with Gasteiger partial charge in [0.1, 0.15) is 5.56 Å². The highest BCUT2D eigenvalue weighted by Crippen LogP contribution is 2.26. The molecule has 0 unspecified atom stereocenters. The van der Waals surface area contributed by atoms with Gasteiger partial charge in [0.05, 0.1) is 6.61 Å². The first kappa shape index (κ1) is 17.3. The molecule has 2 heterocycles. The number of aromatic nitrogens is 1. The van der Waals surface area contributed by atoms with Crippen LogP contribution in [0.2, 0.25) is 0 Å². The summed E-state index contributed by atoms with van der Waals surface area (Å²) in [6.45, 7) is 5.11. The molecule has 1 aliphatic rings. The molecule has 1 saturated heterocycles. The summed E-state index contributed by atoms with van der Waals surface area (Å²) in [6.07, 6.45) is 4.11. The van der Waals surface area contributed by atoms with Crippen molar-refractivity contribution in [2.75, 3.05) is 31.6 Å². The minimum atomic E-state index is -0.0761. The highest BCUT2D eigenvalue weighted by Gasteiger charge is 2.20. The molecule has 3 rings (SSSR count). The van der Waals surface area contributed by atoms with Crippen LogP contribution in [0.25, 0.3) is 0 Å². The molecule has 1 aromatic carbocycles. The largest absolute Gasteiger partial charge is 0.477 e. The number of rotatable bonds is 6. The number of pyridine rings is 1. The summed E-state index contributed by atoms with van der Waals surface area (Å²) in [4.78, 5) is 21.2. The van der Waals surface area contributed by atoms with Crippen molar-refractivity contribution in [2.24, 2.45) is 0 Å². The van der Waals surface area contributed by atoms with Crippen molar-refractivity contribution < 1.29 is 9.53 Å². The Kier molecular flexibility index (Phi) is 5.53. The van der Waals surface area contributed by atoms with Gasteiger partial charge in [-0.05, 0) is 43.5 Å². The van der Waals surface area contributed by atoms with Crippen LogP contribution in [0.4, 0.5) is 5.69 Å². The molecule has 0 radical (unpaired) electrons. The van der Waals surface area contributed by atoms with Crippen LogP contribution in [-0.2, 0) is 6.54 Å². The highest BCUT2D eigenvalue weighted by atomic mass is 16.5. The molecule has 1 fully saturated rings. The van der Waals surface area contributed by atoms with Crippen molar-refractivity contribution in [2.45, 2.75) is 26.3 Å². The number of hydrogen-bond donors (Lipinski definition) is 0. The Morgan fingerprint density at radius 3 is 2.72 bits per heavy atom. The number of para-hydroxylation sites is 1. The van der Waals surface area contributed by atoms with Crippen molar-refractivity contribution in [1.29, 1.82) is 0 Å². The van der Waals surface area contributed by atoms with E-state index >= 15 is 0 Å². The second-order valence-corrected chi connectivity index (χ2v) is 6.27. The van der Waals surface area contributed by atoms with E-state index in [1.165, 1.54) is 24.1 Å². The summed E-state index contributed by atoms with van der Waals surface area (Å²) in [5, 5.41) is 0. The number of ether oxygens (including phenoxy) is 1. The predicted molar refractivity (Wildman–Crippen MR) is 99.1 cm³/mol. The molecule has 0 saturated carbocycles. The monoisotopic (exact) mass is 339 g/mol. The van der Waals surface area contributed by atoms with Crippen LogP contribution in [0.5, 0.6) is 5.88 Å². The van der Waals surface area contributed by atoms with Crippen LogP contribution < -0.4 is 9.64 Å². The van der Waals surface area contributed by atoms with Gasteiger partial charge in [-0.15, -0.1) is 0 Å². The Morgan fingerprint density at radius 2 is 1.96 bits per heavy atom. The van der Waals surface area contributed by atoms with E-state index in [1.54, 1.807) is 23.2 Å². The Balaban J connectivity index is 1.79. The summed E-state index contributed by atoms with van der Waals surface area (Å²) >= 11 is 0. The Labute approximate surface area is 149 Å². The van der Waals surface area contributed by atoms with Crippen molar-refractivity contribution >= 4 is 11.6 Å². The van der Waals surface area contributed by atoms with Gasteiger partial charge >= 0.3 is 0 Å². The van der Waals surface area contributed by atoms with Crippen LogP contribution in [0.15, 0.2) is 42.6 Å². The molecule has 2 aromatic rings. The summed E-state index contributed by atoms with van der Waals surface area (Å²) < 4.78 is 5.50. The zero-order valence-electron chi connectivity index (χ0n) is 14.9. The van der Waals surface area contributed by atoms with Crippen LogP contribution in [0.3, 0.4) is 0 Å². The number of hydrogen-bond acceptors (Lipinski definition) is 4. The molecule has 0 N–H and O–H groups in total. The van der Waals surface area contributed by atoms with Crippen molar-refractivity contribution in [3.63, 3.8) is 0 Å². The molecule has 5 nitrogen and oxygen atoms in total. The molecular formula is C20H25N3O2. The minimum Gasteiger partial charge on any atom is -0.477 e. The topological polar surface area (TPSA) is 45.7 Å². The van der Waals surface area contributed by atoms with E-state index in [9.17, 15) is 4.79 Å². The van der Waals surface area contributed by atoms with Crippen molar-refractivity contribution in [3.8, 4) is 5.88 Å². The fourth-order valence-corrected chi connectivity index (χ4v) is 3.25. The Morgan fingerprint density at radius 1 is 1.20 bits per heavy atom. The number of carbonyl (C=O) groups excluding carboxylic acids is 1. The van der Waals surface area contributed by atoms with E-state index in [2.05, 4.69) is 28.1 Å². The summed E-state index contributed by atoms with van der Waals surface area (Å²) in [5.74, 6) is 0.322. The smallest absolute Gasteiger partial charge is 0.259 e. The predicted octanol–water partition coefficient (Wildman–Crippen LogP) is 3.35. The standard InChI is InChI=1S/C20H25N3O2/c1-3-25-19-17(10-8-12-21-19)20(24)22(2)15-16-9-4-5-11-18(16)23-13-6-7-14-23/h4-5,8-12H,3,6-7,13-15H2,1-2H3. The van der Waals surface area contributed by atoms with Gasteiger partial charge in [-0.3, -0.25) is 4.79 Å². The van der Waals surface area contributed by atoms with E-state index < -0.39 is 0 Å². The third kappa shape index (κ3) is 3.92. The maximum atomic E-state index is 12.9. The molecule has 0 spiro atoms. The van der Waals surface area contributed by atoms with E-state index in [0.29, 0.717) is 24.6 Å². The molecule has 1 aromatic heterocycles. The minimum absolute atomic E-state index is 0.0761. The van der Waals surface area contributed by atoms with E-state index in [1.807, 2.05) is 20.0 Å². The molecule has 5 heteroatoms. The Bertz CT molecular complexity index is 726. The molecule has 1 amide bonds. The van der Waals surface area contributed by atoms with Gasteiger partial charge < -0.3 is 14.5 Å². The molecule has 25 heavy (non-hydrogen) atoms. The van der Waals surface area contributed by atoms with Gasteiger partial charge in [-0.2, -0.15) is 0 Å². The zero-order chi connectivity index (χ0) is 17.6. The van der Waals surface area contributed by atoms with Gasteiger partial charge in [-0.1, -0.05) is 18.2 Å². The lowest BCUT2D eigenvalue weighted by atomic mass is 10.1. The second-order valence-electron chi connectivity index (χ2n) is 6.27. The van der Waals surface area contributed by atoms with Gasteiger partial charge in [0.25, 0.3) is 5.91 Å². The first-order valence-corrected chi connectivity index (χ1v) is 8.87. The SMILES string of the molecule is CCOc1ncccc1C(=O)N(C)Cc1ccccc1N1CCCC1. The molecule has 1 aliphatic heterocycles. The fourth-order valence-electron chi connectivity index (χ4n) is 3.25. The fraction of sp³-hybridized carbons (Fsp3) is 0.400. The van der Waals surface area contributed by atoms with Gasteiger partial charge in [0, 0.05) is 38.6 Å². The van der Waals surface area contributed by atoms with Crippen LogP contribution in [-0.4, -0.2) is 42.5 Å².